The predicted octanol–water partition coefficient (Wildman–Crippen LogP) is 5.83. The average molecular weight is 280 g/mol. The summed E-state index contributed by atoms with van der Waals surface area (Å²) in [7, 11) is 0. The molecule has 1 nitrogen and oxygen atoms in total. The summed E-state index contributed by atoms with van der Waals surface area (Å²) in [5, 5.41) is 0. The first kappa shape index (κ1) is 22.3. The summed E-state index contributed by atoms with van der Waals surface area (Å²) < 4.78 is 0. The summed E-state index contributed by atoms with van der Waals surface area (Å²) in [5.41, 5.74) is 5.48. The van der Waals surface area contributed by atoms with E-state index >= 15 is 0 Å². The van der Waals surface area contributed by atoms with E-state index < -0.39 is 0 Å². The Bertz CT molecular complexity index is 134. The summed E-state index contributed by atoms with van der Waals surface area (Å²) in [4.78, 5) is 0. The largest absolute Gasteiger partial charge is 0.330 e. The van der Waals surface area contributed by atoms with Crippen molar-refractivity contribution in [3.8, 4) is 0 Å². The maximum Gasteiger partial charge on any atom is 0 e. The Hall–Kier alpha value is 0.0249. The van der Waals surface area contributed by atoms with Gasteiger partial charge in [0.2, 0.25) is 0 Å². The Kier molecular flexibility index (Phi) is 23.8. The second-order valence-electron chi connectivity index (χ2n) is 6.09. The molecule has 0 aromatic heterocycles. The molecule has 0 aliphatic heterocycles. The number of nitrogens with two attached hydrogens (primary N) is 1. The van der Waals surface area contributed by atoms with E-state index in [9.17, 15) is 0 Å². The molecule has 0 bridgehead atoms. The molecule has 0 spiro atoms. The van der Waals surface area contributed by atoms with Crippen molar-refractivity contribution in [1.82, 2.24) is 0 Å². The normalized spacial score (nSPS) is 10.5. The fourth-order valence-corrected chi connectivity index (χ4v) is 2.69. The maximum absolute atomic E-state index is 5.48. The second-order valence-corrected chi connectivity index (χ2v) is 6.09. The van der Waals surface area contributed by atoms with Crippen LogP contribution in [0.25, 0.3) is 0 Å². The number of hydrogen-bond acceptors (Lipinski definition) is 1. The third-order valence-corrected chi connectivity index (χ3v) is 4.06. The molecule has 119 valence electrons. The molecule has 3 radical (unpaired) electrons. The molecule has 0 saturated heterocycles. The Balaban J connectivity index is 0. The highest BCUT2D eigenvalue weighted by atomic mass is 14.5. The minimum atomic E-state index is 0. The van der Waals surface area contributed by atoms with E-state index in [1.807, 2.05) is 0 Å². The third kappa shape index (κ3) is 20.3. The van der Waals surface area contributed by atoms with Crippen molar-refractivity contribution in [2.24, 2.45) is 5.73 Å². The van der Waals surface area contributed by atoms with Crippen molar-refractivity contribution in [1.29, 1.82) is 0 Å². The molecule has 0 rings (SSSR count). The minimum absolute atomic E-state index is 0. The molecule has 0 amide bonds. The van der Waals surface area contributed by atoms with E-state index in [4.69, 9.17) is 5.73 Å². The molecule has 0 heterocycles. The molecular weight excluding hydrogens is 241 g/mol. The lowest BCUT2D eigenvalue weighted by Gasteiger charge is -2.03. The number of rotatable bonds is 16. The van der Waals surface area contributed by atoms with Crippen molar-refractivity contribution in [3.05, 3.63) is 0 Å². The Morgan fingerprint density at radius 3 is 0.950 bits per heavy atom. The molecule has 0 atom stereocenters. The average Bonchev–Trinajstić information content (AvgIpc) is 2.43. The predicted molar refractivity (Wildman–Crippen MR) is 94.4 cm³/mol. The molecule has 0 aliphatic rings. The van der Waals surface area contributed by atoms with Crippen LogP contribution in [0.5, 0.6) is 0 Å². The topological polar surface area (TPSA) is 26.0 Å². The van der Waals surface area contributed by atoms with Crippen LogP contribution in [0.1, 0.15) is 110 Å². The van der Waals surface area contributed by atoms with Crippen molar-refractivity contribution in [2.45, 2.75) is 110 Å². The Labute approximate surface area is 131 Å². The van der Waals surface area contributed by atoms with Gasteiger partial charge in [-0.1, -0.05) is 103 Å². The van der Waals surface area contributed by atoms with E-state index in [0.29, 0.717) is 0 Å². The van der Waals surface area contributed by atoms with Gasteiger partial charge in [-0.2, -0.15) is 0 Å². The van der Waals surface area contributed by atoms with Crippen molar-refractivity contribution < 1.29 is 0 Å². The van der Waals surface area contributed by atoms with Gasteiger partial charge >= 0.3 is 0 Å². The lowest BCUT2D eigenvalue weighted by molar-refractivity contribution is 0.530. The molecule has 0 aliphatic carbocycles. The highest BCUT2D eigenvalue weighted by Crippen LogP contribution is 2.13. The first-order chi connectivity index (χ1) is 9.41. The molecule has 0 saturated carbocycles. The summed E-state index contributed by atoms with van der Waals surface area (Å²) in [6, 6.07) is 0. The van der Waals surface area contributed by atoms with E-state index in [0.717, 1.165) is 6.54 Å². The summed E-state index contributed by atoms with van der Waals surface area (Å²) in [6.07, 6.45) is 22.9. The van der Waals surface area contributed by atoms with E-state index in [2.05, 4.69) is 6.92 Å². The zero-order chi connectivity index (χ0) is 14.0. The van der Waals surface area contributed by atoms with Crippen molar-refractivity contribution >= 4 is 8.41 Å². The summed E-state index contributed by atoms with van der Waals surface area (Å²) in [6.45, 7) is 3.16. The SMILES string of the molecule is CCCCCCCCCCCCCCCCCCN.[B]. The van der Waals surface area contributed by atoms with Crippen molar-refractivity contribution in [2.75, 3.05) is 6.54 Å². The van der Waals surface area contributed by atoms with Gasteiger partial charge in [0, 0.05) is 8.41 Å². The maximum atomic E-state index is 5.48. The monoisotopic (exact) mass is 280 g/mol. The lowest BCUT2D eigenvalue weighted by atomic mass is 10.0. The summed E-state index contributed by atoms with van der Waals surface area (Å²) in [5.74, 6) is 0. The van der Waals surface area contributed by atoms with Gasteiger partial charge in [0.15, 0.2) is 0 Å². The zero-order valence-corrected chi connectivity index (χ0v) is 14.2. The van der Waals surface area contributed by atoms with Gasteiger partial charge in [0.05, 0.1) is 0 Å². The van der Waals surface area contributed by atoms with Gasteiger partial charge in [0.25, 0.3) is 0 Å². The van der Waals surface area contributed by atoms with Gasteiger partial charge in [0.1, 0.15) is 0 Å². The number of hydrogen-bond donors (Lipinski definition) is 1. The zero-order valence-electron chi connectivity index (χ0n) is 14.2. The van der Waals surface area contributed by atoms with Crippen LogP contribution in [0.2, 0.25) is 0 Å². The summed E-state index contributed by atoms with van der Waals surface area (Å²) >= 11 is 0. The van der Waals surface area contributed by atoms with Gasteiger partial charge in [-0.15, -0.1) is 0 Å². The Morgan fingerprint density at radius 2 is 0.700 bits per heavy atom. The lowest BCUT2D eigenvalue weighted by Crippen LogP contribution is -1.97. The fourth-order valence-electron chi connectivity index (χ4n) is 2.69. The van der Waals surface area contributed by atoms with Gasteiger partial charge in [-0.3, -0.25) is 0 Å². The van der Waals surface area contributed by atoms with Crippen LogP contribution >= 0.6 is 0 Å². The van der Waals surface area contributed by atoms with Crippen LogP contribution < -0.4 is 5.73 Å². The highest BCUT2D eigenvalue weighted by Gasteiger charge is 1.94. The standard InChI is InChI=1S/C18H39N.B/c1-2-3-4-5-6-7-8-9-10-11-12-13-14-15-16-17-18-19;/h2-19H2,1H3;. The van der Waals surface area contributed by atoms with Crippen molar-refractivity contribution in [3.63, 3.8) is 0 Å². The van der Waals surface area contributed by atoms with Crippen LogP contribution in [0, 0.1) is 0 Å². The second kappa shape index (κ2) is 21.3. The molecule has 0 aromatic carbocycles. The molecule has 0 unspecified atom stereocenters. The molecule has 2 heteroatoms. The first-order valence-electron chi connectivity index (χ1n) is 9.12. The third-order valence-electron chi connectivity index (χ3n) is 4.06. The van der Waals surface area contributed by atoms with Gasteiger partial charge < -0.3 is 5.73 Å². The molecular formula is C18H39BN. The minimum Gasteiger partial charge on any atom is -0.330 e. The van der Waals surface area contributed by atoms with Gasteiger partial charge in [-0.25, -0.2) is 0 Å². The van der Waals surface area contributed by atoms with E-state index in [-0.39, 0.29) is 8.41 Å². The molecule has 0 aromatic rings. The van der Waals surface area contributed by atoms with E-state index in [1.54, 1.807) is 0 Å². The molecule has 20 heavy (non-hydrogen) atoms. The quantitative estimate of drug-likeness (QED) is 0.279. The van der Waals surface area contributed by atoms with Crippen LogP contribution in [0.15, 0.2) is 0 Å². The van der Waals surface area contributed by atoms with Crippen LogP contribution in [0.4, 0.5) is 0 Å². The first-order valence-corrected chi connectivity index (χ1v) is 9.12. The fraction of sp³-hybridized carbons (Fsp3) is 1.00. The molecule has 0 fully saturated rings. The van der Waals surface area contributed by atoms with E-state index in [1.165, 1.54) is 103 Å². The molecule has 2 N–H and O–H groups in total. The van der Waals surface area contributed by atoms with Crippen LogP contribution in [-0.4, -0.2) is 15.0 Å². The Morgan fingerprint density at radius 1 is 0.450 bits per heavy atom. The van der Waals surface area contributed by atoms with Gasteiger partial charge in [-0.05, 0) is 13.0 Å². The number of unbranched alkanes of at least 4 members (excludes halogenated alkanes) is 15. The highest BCUT2D eigenvalue weighted by molar-refractivity contribution is 5.75. The smallest absolute Gasteiger partial charge is 0 e. The van der Waals surface area contributed by atoms with Crippen LogP contribution in [0.3, 0.4) is 0 Å². The van der Waals surface area contributed by atoms with Crippen LogP contribution in [-0.2, 0) is 0 Å².